The Morgan fingerprint density at radius 1 is 1.33 bits per heavy atom. The monoisotopic (exact) mass is 172 g/mol. The Morgan fingerprint density at radius 2 is 1.92 bits per heavy atom. The van der Waals surface area contributed by atoms with Crippen LogP contribution in [0.2, 0.25) is 0 Å². The van der Waals surface area contributed by atoms with Gasteiger partial charge in [-0.05, 0) is 32.9 Å². The van der Waals surface area contributed by atoms with Crippen molar-refractivity contribution in [3.05, 3.63) is 0 Å². The molecule has 2 heterocycles. The van der Waals surface area contributed by atoms with Crippen LogP contribution in [0.25, 0.3) is 0 Å². The smallest absolute Gasteiger partial charge is 0.133 e. The van der Waals surface area contributed by atoms with Gasteiger partial charge in [0.05, 0.1) is 0 Å². The first-order chi connectivity index (χ1) is 5.67. The minimum atomic E-state index is -0.898. The van der Waals surface area contributed by atoms with Crippen molar-refractivity contribution in [2.75, 3.05) is 26.2 Å². The molecule has 0 amide bonds. The quantitative estimate of drug-likeness (QED) is 0.629. The van der Waals surface area contributed by atoms with Gasteiger partial charge in [0.1, 0.15) is 5.67 Å². The Balaban J connectivity index is 1.79. The summed E-state index contributed by atoms with van der Waals surface area (Å²) in [5.41, 5.74) is -0.898. The third-order valence-electron chi connectivity index (χ3n) is 2.89. The van der Waals surface area contributed by atoms with E-state index in [0.29, 0.717) is 19.1 Å². The summed E-state index contributed by atoms with van der Waals surface area (Å²) in [6, 6.07) is 0.648. The van der Waals surface area contributed by atoms with Gasteiger partial charge in [-0.1, -0.05) is 0 Å². The maximum absolute atomic E-state index is 13.2. The fourth-order valence-electron chi connectivity index (χ4n) is 2.23. The predicted octanol–water partition coefficient (Wildman–Crippen LogP) is 0.782. The summed E-state index contributed by atoms with van der Waals surface area (Å²) in [6.45, 7) is 5.20. The average molecular weight is 172 g/mol. The zero-order valence-corrected chi connectivity index (χ0v) is 7.65. The number of likely N-dealkylation sites (tertiary alicyclic amines) is 1. The topological polar surface area (TPSA) is 15.3 Å². The van der Waals surface area contributed by atoms with Crippen molar-refractivity contribution < 1.29 is 4.39 Å². The van der Waals surface area contributed by atoms with E-state index in [1.807, 2.05) is 0 Å². The molecule has 0 aromatic carbocycles. The van der Waals surface area contributed by atoms with Crippen molar-refractivity contribution >= 4 is 0 Å². The SMILES string of the molecule is CC1(F)CN(C2CCNCC2)C1. The number of rotatable bonds is 1. The molecule has 0 atom stereocenters. The second-order valence-electron chi connectivity index (χ2n) is 4.30. The van der Waals surface area contributed by atoms with Gasteiger partial charge in [-0.25, -0.2) is 4.39 Å². The summed E-state index contributed by atoms with van der Waals surface area (Å²) in [5.74, 6) is 0. The lowest BCUT2D eigenvalue weighted by atomic mass is 9.93. The highest BCUT2D eigenvalue weighted by Crippen LogP contribution is 2.28. The van der Waals surface area contributed by atoms with Crippen LogP contribution in [-0.2, 0) is 0 Å². The van der Waals surface area contributed by atoms with Gasteiger partial charge in [0.15, 0.2) is 0 Å². The predicted molar refractivity (Wildman–Crippen MR) is 47.0 cm³/mol. The van der Waals surface area contributed by atoms with Crippen molar-refractivity contribution in [1.29, 1.82) is 0 Å². The summed E-state index contributed by atoms with van der Waals surface area (Å²) in [7, 11) is 0. The second-order valence-corrected chi connectivity index (χ2v) is 4.30. The Bertz CT molecular complexity index is 156. The van der Waals surface area contributed by atoms with Crippen LogP contribution in [0.5, 0.6) is 0 Å². The Hall–Kier alpha value is -0.150. The molecular weight excluding hydrogens is 155 g/mol. The van der Waals surface area contributed by atoms with E-state index in [4.69, 9.17) is 0 Å². The molecule has 0 spiro atoms. The first-order valence-electron chi connectivity index (χ1n) is 4.81. The van der Waals surface area contributed by atoms with E-state index < -0.39 is 5.67 Å². The third-order valence-corrected chi connectivity index (χ3v) is 2.89. The van der Waals surface area contributed by atoms with E-state index in [2.05, 4.69) is 10.2 Å². The highest BCUT2D eigenvalue weighted by Gasteiger charge is 2.41. The van der Waals surface area contributed by atoms with Crippen molar-refractivity contribution in [1.82, 2.24) is 10.2 Å². The Labute approximate surface area is 73.1 Å². The number of hydrogen-bond acceptors (Lipinski definition) is 2. The first-order valence-corrected chi connectivity index (χ1v) is 4.81. The molecular formula is C9H17FN2. The molecule has 1 N–H and O–H groups in total. The Kier molecular flexibility index (Phi) is 2.09. The van der Waals surface area contributed by atoms with Gasteiger partial charge in [-0.15, -0.1) is 0 Å². The molecule has 0 bridgehead atoms. The molecule has 0 radical (unpaired) electrons. The zero-order valence-electron chi connectivity index (χ0n) is 7.65. The molecule has 0 aliphatic carbocycles. The van der Waals surface area contributed by atoms with Crippen LogP contribution in [0.4, 0.5) is 4.39 Å². The lowest BCUT2D eigenvalue weighted by molar-refractivity contribution is -0.0508. The third kappa shape index (κ3) is 1.62. The lowest BCUT2D eigenvalue weighted by Crippen LogP contribution is -2.62. The fraction of sp³-hybridized carbons (Fsp3) is 1.00. The van der Waals surface area contributed by atoms with Gasteiger partial charge < -0.3 is 5.32 Å². The number of piperidine rings is 1. The molecule has 0 saturated carbocycles. The summed E-state index contributed by atoms with van der Waals surface area (Å²) in [6.07, 6.45) is 2.38. The number of nitrogens with one attached hydrogen (secondary N) is 1. The minimum absolute atomic E-state index is 0.648. The maximum atomic E-state index is 13.2. The molecule has 0 aromatic heterocycles. The standard InChI is InChI=1S/C9H17FN2/c1-9(10)6-12(7-9)8-2-4-11-5-3-8/h8,11H,2-7H2,1H3. The molecule has 70 valence electrons. The van der Waals surface area contributed by atoms with Crippen molar-refractivity contribution in [2.45, 2.75) is 31.5 Å². The molecule has 3 heteroatoms. The van der Waals surface area contributed by atoms with E-state index in [-0.39, 0.29) is 0 Å². The normalized spacial score (nSPS) is 31.5. The molecule has 2 nitrogen and oxygen atoms in total. The minimum Gasteiger partial charge on any atom is -0.317 e. The highest BCUT2D eigenvalue weighted by atomic mass is 19.1. The highest BCUT2D eigenvalue weighted by molar-refractivity contribution is 4.96. The van der Waals surface area contributed by atoms with E-state index in [9.17, 15) is 4.39 Å². The molecule has 2 fully saturated rings. The van der Waals surface area contributed by atoms with Gasteiger partial charge in [0, 0.05) is 19.1 Å². The lowest BCUT2D eigenvalue weighted by Gasteiger charge is -2.48. The van der Waals surface area contributed by atoms with Crippen LogP contribution < -0.4 is 5.32 Å². The summed E-state index contributed by atoms with van der Waals surface area (Å²) in [5, 5.41) is 3.32. The van der Waals surface area contributed by atoms with Crippen LogP contribution in [0.1, 0.15) is 19.8 Å². The molecule has 2 rings (SSSR count). The van der Waals surface area contributed by atoms with Crippen LogP contribution >= 0.6 is 0 Å². The molecule has 2 saturated heterocycles. The van der Waals surface area contributed by atoms with Crippen LogP contribution in [0, 0.1) is 0 Å². The van der Waals surface area contributed by atoms with Crippen LogP contribution in [0.15, 0.2) is 0 Å². The summed E-state index contributed by atoms with van der Waals surface area (Å²) in [4.78, 5) is 2.28. The largest absolute Gasteiger partial charge is 0.317 e. The number of hydrogen-bond donors (Lipinski definition) is 1. The second kappa shape index (κ2) is 2.96. The van der Waals surface area contributed by atoms with Gasteiger partial charge >= 0.3 is 0 Å². The van der Waals surface area contributed by atoms with Crippen LogP contribution in [-0.4, -0.2) is 42.8 Å². The van der Waals surface area contributed by atoms with Crippen molar-refractivity contribution in [3.8, 4) is 0 Å². The molecule has 0 unspecified atom stereocenters. The molecule has 2 aliphatic heterocycles. The number of halogens is 1. The van der Waals surface area contributed by atoms with E-state index in [0.717, 1.165) is 13.1 Å². The average Bonchev–Trinajstić information content (AvgIpc) is 2.02. The summed E-state index contributed by atoms with van der Waals surface area (Å²) >= 11 is 0. The Morgan fingerprint density at radius 3 is 2.42 bits per heavy atom. The van der Waals surface area contributed by atoms with E-state index >= 15 is 0 Å². The summed E-state index contributed by atoms with van der Waals surface area (Å²) < 4.78 is 13.2. The van der Waals surface area contributed by atoms with Crippen LogP contribution in [0.3, 0.4) is 0 Å². The molecule has 12 heavy (non-hydrogen) atoms. The van der Waals surface area contributed by atoms with Crippen molar-refractivity contribution in [2.24, 2.45) is 0 Å². The van der Waals surface area contributed by atoms with Gasteiger partial charge in [-0.2, -0.15) is 0 Å². The number of alkyl halides is 1. The first kappa shape index (κ1) is 8.45. The zero-order chi connectivity index (χ0) is 8.60. The molecule has 2 aliphatic rings. The van der Waals surface area contributed by atoms with E-state index in [1.54, 1.807) is 6.92 Å². The van der Waals surface area contributed by atoms with Gasteiger partial charge in [0.2, 0.25) is 0 Å². The number of nitrogens with zero attached hydrogens (tertiary/aromatic N) is 1. The molecule has 0 aromatic rings. The van der Waals surface area contributed by atoms with Gasteiger partial charge in [0.25, 0.3) is 0 Å². The van der Waals surface area contributed by atoms with Crippen molar-refractivity contribution in [3.63, 3.8) is 0 Å². The van der Waals surface area contributed by atoms with Gasteiger partial charge in [-0.3, -0.25) is 4.90 Å². The maximum Gasteiger partial charge on any atom is 0.133 e. The fourth-order valence-corrected chi connectivity index (χ4v) is 2.23. The van der Waals surface area contributed by atoms with E-state index in [1.165, 1.54) is 12.8 Å².